The third-order valence-electron chi connectivity index (χ3n) is 2.85. The third kappa shape index (κ3) is 3.31. The fourth-order valence-electron chi connectivity index (χ4n) is 1.86. The lowest BCUT2D eigenvalue weighted by Crippen LogP contribution is -2.13. The summed E-state index contributed by atoms with van der Waals surface area (Å²) in [6.07, 6.45) is 0. The Morgan fingerprint density at radius 1 is 1.05 bits per heavy atom. The highest BCUT2D eigenvalue weighted by molar-refractivity contribution is 6.30. The molecule has 0 bridgehead atoms. The van der Waals surface area contributed by atoms with Gasteiger partial charge in [-0.15, -0.1) is 0 Å². The molecule has 2 aromatic rings. The largest absolute Gasteiger partial charge is 0.313 e. The van der Waals surface area contributed by atoms with E-state index < -0.39 is 5.82 Å². The molecule has 0 spiro atoms. The zero-order chi connectivity index (χ0) is 13.8. The van der Waals surface area contributed by atoms with Crippen LogP contribution >= 0.6 is 11.6 Å². The van der Waals surface area contributed by atoms with Gasteiger partial charge >= 0.3 is 0 Å². The molecule has 0 saturated carbocycles. The van der Waals surface area contributed by atoms with Gasteiger partial charge in [-0.3, -0.25) is 0 Å². The van der Waals surface area contributed by atoms with Gasteiger partial charge in [0.15, 0.2) is 0 Å². The van der Waals surface area contributed by atoms with Gasteiger partial charge in [0, 0.05) is 22.7 Å². The summed E-state index contributed by atoms with van der Waals surface area (Å²) in [5.41, 5.74) is 1.58. The first kappa shape index (κ1) is 14.0. The van der Waals surface area contributed by atoms with E-state index in [0.29, 0.717) is 28.3 Å². The lowest BCUT2D eigenvalue weighted by atomic mass is 10.0. The van der Waals surface area contributed by atoms with Gasteiger partial charge in [0.1, 0.15) is 11.6 Å². The van der Waals surface area contributed by atoms with Crippen LogP contribution < -0.4 is 5.32 Å². The van der Waals surface area contributed by atoms with Crippen LogP contribution in [0.2, 0.25) is 5.02 Å². The van der Waals surface area contributed by atoms with Gasteiger partial charge in [-0.05, 0) is 42.4 Å². The molecule has 0 unspecified atom stereocenters. The molecule has 4 heteroatoms. The first-order valence-electron chi connectivity index (χ1n) is 6.06. The Labute approximate surface area is 116 Å². The van der Waals surface area contributed by atoms with Crippen molar-refractivity contribution in [3.05, 3.63) is 58.6 Å². The molecule has 0 amide bonds. The monoisotopic (exact) mass is 281 g/mol. The van der Waals surface area contributed by atoms with E-state index in [0.717, 1.165) is 6.54 Å². The molecule has 2 rings (SSSR count). The smallest absolute Gasteiger partial charge is 0.132 e. The molecule has 100 valence electrons. The zero-order valence-corrected chi connectivity index (χ0v) is 11.3. The highest BCUT2D eigenvalue weighted by Gasteiger charge is 2.09. The molecule has 0 atom stereocenters. The molecular weight excluding hydrogens is 268 g/mol. The molecule has 0 heterocycles. The minimum atomic E-state index is -0.409. The molecular formula is C15H14ClF2N. The van der Waals surface area contributed by atoms with E-state index in [1.54, 1.807) is 24.3 Å². The van der Waals surface area contributed by atoms with Crippen LogP contribution in [-0.2, 0) is 6.54 Å². The molecule has 0 fully saturated rings. The maximum atomic E-state index is 13.8. The second kappa shape index (κ2) is 6.13. The number of benzene rings is 2. The number of hydrogen-bond donors (Lipinski definition) is 1. The molecule has 2 aromatic carbocycles. The lowest BCUT2D eigenvalue weighted by molar-refractivity contribution is 0.593. The maximum absolute atomic E-state index is 13.8. The Balaban J connectivity index is 2.39. The standard InChI is InChI=1S/C15H14ClF2N/c1-2-19-9-11-7-10(3-6-14(11)17)13-5-4-12(16)8-15(13)18/h3-8,19H,2,9H2,1H3. The van der Waals surface area contributed by atoms with Crippen molar-refractivity contribution in [3.8, 4) is 11.1 Å². The first-order chi connectivity index (χ1) is 9.11. The molecule has 19 heavy (non-hydrogen) atoms. The Morgan fingerprint density at radius 3 is 2.53 bits per heavy atom. The molecule has 1 N–H and O–H groups in total. The predicted octanol–water partition coefficient (Wildman–Crippen LogP) is 4.39. The molecule has 0 aliphatic carbocycles. The average Bonchev–Trinajstić information content (AvgIpc) is 2.38. The van der Waals surface area contributed by atoms with E-state index >= 15 is 0 Å². The Morgan fingerprint density at radius 2 is 1.84 bits per heavy atom. The van der Waals surface area contributed by atoms with E-state index in [-0.39, 0.29) is 5.82 Å². The van der Waals surface area contributed by atoms with Crippen molar-refractivity contribution in [2.75, 3.05) is 6.54 Å². The van der Waals surface area contributed by atoms with Gasteiger partial charge in [-0.2, -0.15) is 0 Å². The van der Waals surface area contributed by atoms with Crippen LogP contribution in [0.25, 0.3) is 11.1 Å². The van der Waals surface area contributed by atoms with Crippen LogP contribution in [-0.4, -0.2) is 6.54 Å². The SMILES string of the molecule is CCNCc1cc(-c2ccc(Cl)cc2F)ccc1F. The minimum absolute atomic E-state index is 0.293. The van der Waals surface area contributed by atoms with Crippen LogP contribution in [0.4, 0.5) is 8.78 Å². The quantitative estimate of drug-likeness (QED) is 0.876. The van der Waals surface area contributed by atoms with Crippen LogP contribution in [0.5, 0.6) is 0 Å². The van der Waals surface area contributed by atoms with Crippen molar-refractivity contribution in [2.45, 2.75) is 13.5 Å². The van der Waals surface area contributed by atoms with E-state index in [9.17, 15) is 8.78 Å². The molecule has 0 saturated heterocycles. The van der Waals surface area contributed by atoms with Gasteiger partial charge in [0.25, 0.3) is 0 Å². The van der Waals surface area contributed by atoms with Crippen molar-refractivity contribution in [2.24, 2.45) is 0 Å². The summed E-state index contributed by atoms with van der Waals surface area (Å²) in [6, 6.07) is 9.05. The van der Waals surface area contributed by atoms with Crippen molar-refractivity contribution < 1.29 is 8.78 Å². The highest BCUT2D eigenvalue weighted by Crippen LogP contribution is 2.26. The second-order valence-corrected chi connectivity index (χ2v) is 4.65. The number of nitrogens with one attached hydrogen (secondary N) is 1. The Hall–Kier alpha value is -1.45. The Kier molecular flexibility index (Phi) is 4.51. The summed E-state index contributed by atoms with van der Waals surface area (Å²) in [5, 5.41) is 3.40. The predicted molar refractivity (Wildman–Crippen MR) is 74.2 cm³/mol. The minimum Gasteiger partial charge on any atom is -0.313 e. The van der Waals surface area contributed by atoms with Gasteiger partial charge in [0.05, 0.1) is 0 Å². The highest BCUT2D eigenvalue weighted by atomic mass is 35.5. The van der Waals surface area contributed by atoms with Crippen LogP contribution in [0.15, 0.2) is 36.4 Å². The van der Waals surface area contributed by atoms with Crippen molar-refractivity contribution in [1.29, 1.82) is 0 Å². The zero-order valence-electron chi connectivity index (χ0n) is 10.5. The summed E-state index contributed by atoms with van der Waals surface area (Å²) < 4.78 is 27.4. The van der Waals surface area contributed by atoms with Crippen molar-refractivity contribution >= 4 is 11.6 Å². The maximum Gasteiger partial charge on any atom is 0.132 e. The normalized spacial score (nSPS) is 10.7. The van der Waals surface area contributed by atoms with Gasteiger partial charge in [-0.1, -0.05) is 24.6 Å². The second-order valence-electron chi connectivity index (χ2n) is 4.21. The van der Waals surface area contributed by atoms with Gasteiger partial charge in [0.2, 0.25) is 0 Å². The van der Waals surface area contributed by atoms with E-state index in [1.165, 1.54) is 12.1 Å². The van der Waals surface area contributed by atoms with Gasteiger partial charge < -0.3 is 5.32 Å². The summed E-state index contributed by atoms with van der Waals surface area (Å²) in [6.45, 7) is 3.12. The fourth-order valence-corrected chi connectivity index (χ4v) is 2.02. The number of hydrogen-bond acceptors (Lipinski definition) is 1. The summed E-state index contributed by atoms with van der Waals surface area (Å²) >= 11 is 5.72. The molecule has 0 radical (unpaired) electrons. The van der Waals surface area contributed by atoms with Crippen LogP contribution in [0, 0.1) is 11.6 Å². The molecule has 0 aromatic heterocycles. The topological polar surface area (TPSA) is 12.0 Å². The molecule has 0 aliphatic heterocycles. The molecule has 0 aliphatic rings. The lowest BCUT2D eigenvalue weighted by Gasteiger charge is -2.08. The van der Waals surface area contributed by atoms with Crippen LogP contribution in [0.3, 0.4) is 0 Å². The first-order valence-corrected chi connectivity index (χ1v) is 6.44. The summed E-state index contributed by atoms with van der Waals surface area (Å²) in [4.78, 5) is 0. The van der Waals surface area contributed by atoms with E-state index in [4.69, 9.17) is 11.6 Å². The Bertz CT molecular complexity index is 584. The van der Waals surface area contributed by atoms with E-state index in [2.05, 4.69) is 5.32 Å². The molecule has 1 nitrogen and oxygen atoms in total. The van der Waals surface area contributed by atoms with Crippen molar-refractivity contribution in [1.82, 2.24) is 5.32 Å². The van der Waals surface area contributed by atoms with Crippen LogP contribution in [0.1, 0.15) is 12.5 Å². The van der Waals surface area contributed by atoms with Crippen molar-refractivity contribution in [3.63, 3.8) is 0 Å². The fraction of sp³-hybridized carbons (Fsp3) is 0.200. The summed E-state index contributed by atoms with van der Waals surface area (Å²) in [7, 11) is 0. The van der Waals surface area contributed by atoms with Gasteiger partial charge in [-0.25, -0.2) is 8.78 Å². The van der Waals surface area contributed by atoms with E-state index in [1.807, 2.05) is 6.92 Å². The summed E-state index contributed by atoms with van der Waals surface area (Å²) in [5.74, 6) is -0.701. The average molecular weight is 282 g/mol. The number of halogens is 3. The third-order valence-corrected chi connectivity index (χ3v) is 3.09. The number of rotatable bonds is 4.